The molecule has 0 saturated carbocycles. The number of rotatable bonds is 9. The topological polar surface area (TPSA) is 64.4 Å². The molecule has 0 saturated heterocycles. The molecule has 1 heterocycles. The minimum atomic E-state index is -0.384. The fraction of sp³-hybridized carbons (Fsp3) is 0.444. The number of unbranched alkanes of at least 4 members (excludes halogenated alkanes) is 1. The van der Waals surface area contributed by atoms with Crippen molar-refractivity contribution < 1.29 is 9.53 Å². The van der Waals surface area contributed by atoms with Gasteiger partial charge in [0, 0.05) is 13.0 Å². The van der Waals surface area contributed by atoms with E-state index in [9.17, 15) is 9.59 Å². The molecular formula is C27H35N3O3. The van der Waals surface area contributed by atoms with Gasteiger partial charge in [0.2, 0.25) is 5.91 Å². The maximum atomic E-state index is 13.8. The number of ether oxygens (including phenoxy) is 1. The van der Waals surface area contributed by atoms with Crippen molar-refractivity contribution in [2.24, 2.45) is 5.92 Å². The minimum Gasteiger partial charge on any atom is -0.495 e. The Hall–Kier alpha value is -3.15. The van der Waals surface area contributed by atoms with E-state index in [0.29, 0.717) is 41.1 Å². The van der Waals surface area contributed by atoms with Crippen molar-refractivity contribution in [2.45, 2.75) is 59.9 Å². The molecule has 33 heavy (non-hydrogen) atoms. The highest BCUT2D eigenvalue weighted by molar-refractivity contribution is 5.79. The molecule has 3 rings (SSSR count). The van der Waals surface area contributed by atoms with Crippen LogP contribution in [0.5, 0.6) is 5.75 Å². The first-order valence-corrected chi connectivity index (χ1v) is 11.7. The number of carbonyl (C=O) groups is 1. The van der Waals surface area contributed by atoms with Gasteiger partial charge in [0.1, 0.15) is 11.6 Å². The number of carbonyl (C=O) groups excluding carboxylic acids is 1. The summed E-state index contributed by atoms with van der Waals surface area (Å²) >= 11 is 0. The minimum absolute atomic E-state index is 0.0797. The number of aromatic nitrogens is 2. The summed E-state index contributed by atoms with van der Waals surface area (Å²) in [7, 11) is 1.59. The molecular weight excluding hydrogens is 414 g/mol. The van der Waals surface area contributed by atoms with Crippen LogP contribution < -0.4 is 10.3 Å². The second kappa shape index (κ2) is 10.6. The third-order valence-electron chi connectivity index (χ3n) is 5.87. The van der Waals surface area contributed by atoms with Crippen LogP contribution in [-0.2, 0) is 4.79 Å². The standard InChI is InChI=1S/C27H35N3O3/c1-7-8-15-29(25(31)16-18(2)3)20(5)26-28-22-12-10-9-11-21(22)27(32)30(26)23-17-19(4)13-14-24(23)33-6/h9-14,17-18,20H,7-8,15-16H2,1-6H3. The van der Waals surface area contributed by atoms with Crippen LogP contribution in [0.15, 0.2) is 47.3 Å². The second-order valence-electron chi connectivity index (χ2n) is 9.02. The summed E-state index contributed by atoms with van der Waals surface area (Å²) in [4.78, 5) is 33.8. The van der Waals surface area contributed by atoms with Crippen LogP contribution in [-0.4, -0.2) is 34.0 Å². The van der Waals surface area contributed by atoms with E-state index in [2.05, 4.69) is 6.92 Å². The highest BCUT2D eigenvalue weighted by Crippen LogP contribution is 2.29. The third-order valence-corrected chi connectivity index (χ3v) is 5.87. The first-order valence-electron chi connectivity index (χ1n) is 11.7. The average molecular weight is 450 g/mol. The van der Waals surface area contributed by atoms with E-state index in [1.54, 1.807) is 17.7 Å². The van der Waals surface area contributed by atoms with Crippen LogP contribution in [0, 0.1) is 12.8 Å². The van der Waals surface area contributed by atoms with Gasteiger partial charge >= 0.3 is 0 Å². The van der Waals surface area contributed by atoms with Gasteiger partial charge in [0.05, 0.1) is 29.7 Å². The van der Waals surface area contributed by atoms with E-state index in [4.69, 9.17) is 9.72 Å². The second-order valence-corrected chi connectivity index (χ2v) is 9.02. The lowest BCUT2D eigenvalue weighted by atomic mass is 10.1. The van der Waals surface area contributed by atoms with Crippen LogP contribution in [0.2, 0.25) is 0 Å². The van der Waals surface area contributed by atoms with Crippen molar-refractivity contribution in [3.05, 3.63) is 64.2 Å². The van der Waals surface area contributed by atoms with Crippen molar-refractivity contribution >= 4 is 16.8 Å². The van der Waals surface area contributed by atoms with Gasteiger partial charge in [-0.2, -0.15) is 0 Å². The van der Waals surface area contributed by atoms with E-state index < -0.39 is 0 Å². The molecule has 0 aliphatic carbocycles. The number of aryl methyl sites for hydroxylation is 1. The molecule has 2 aromatic carbocycles. The van der Waals surface area contributed by atoms with Crippen molar-refractivity contribution in [3.63, 3.8) is 0 Å². The number of methoxy groups -OCH3 is 1. The number of hydrogen-bond donors (Lipinski definition) is 0. The Balaban J connectivity index is 2.28. The van der Waals surface area contributed by atoms with E-state index in [0.717, 1.165) is 18.4 Å². The Morgan fingerprint density at radius 2 is 1.88 bits per heavy atom. The van der Waals surface area contributed by atoms with Gasteiger partial charge in [0.15, 0.2) is 0 Å². The van der Waals surface area contributed by atoms with Gasteiger partial charge in [0.25, 0.3) is 5.56 Å². The zero-order chi connectivity index (χ0) is 24.1. The molecule has 176 valence electrons. The zero-order valence-electron chi connectivity index (χ0n) is 20.6. The average Bonchev–Trinajstić information content (AvgIpc) is 2.78. The number of benzene rings is 2. The summed E-state index contributed by atoms with van der Waals surface area (Å²) in [6, 6.07) is 12.7. The molecule has 0 bridgehead atoms. The van der Waals surface area contributed by atoms with Crippen LogP contribution in [0.25, 0.3) is 16.6 Å². The molecule has 1 amide bonds. The summed E-state index contributed by atoms with van der Waals surface area (Å²) in [5, 5.41) is 0.533. The van der Waals surface area contributed by atoms with Gasteiger partial charge in [-0.15, -0.1) is 0 Å². The Labute approximate surface area is 196 Å². The Bertz CT molecular complexity index is 1180. The Morgan fingerprint density at radius 1 is 1.15 bits per heavy atom. The predicted octanol–water partition coefficient (Wildman–Crippen LogP) is 5.44. The van der Waals surface area contributed by atoms with Gasteiger partial charge < -0.3 is 9.64 Å². The molecule has 0 N–H and O–H groups in total. The van der Waals surface area contributed by atoms with E-state index >= 15 is 0 Å². The van der Waals surface area contributed by atoms with Gasteiger partial charge in [-0.25, -0.2) is 4.98 Å². The van der Waals surface area contributed by atoms with E-state index in [1.807, 2.05) is 69.0 Å². The molecule has 1 aromatic heterocycles. The molecule has 1 unspecified atom stereocenters. The van der Waals surface area contributed by atoms with E-state index in [-0.39, 0.29) is 23.4 Å². The maximum Gasteiger partial charge on any atom is 0.266 e. The number of para-hydroxylation sites is 1. The van der Waals surface area contributed by atoms with Crippen molar-refractivity contribution in [2.75, 3.05) is 13.7 Å². The quantitative estimate of drug-likeness (QED) is 0.436. The molecule has 0 radical (unpaired) electrons. The molecule has 3 aromatic rings. The summed E-state index contributed by atoms with van der Waals surface area (Å²) in [6.45, 7) is 10.8. The maximum absolute atomic E-state index is 13.8. The molecule has 0 aliphatic rings. The highest BCUT2D eigenvalue weighted by Gasteiger charge is 2.27. The number of fused-ring (bicyclic) bond motifs is 1. The first kappa shape index (κ1) is 24.5. The first-order chi connectivity index (χ1) is 15.8. The Morgan fingerprint density at radius 3 is 2.55 bits per heavy atom. The van der Waals surface area contributed by atoms with E-state index in [1.165, 1.54) is 0 Å². The lowest BCUT2D eigenvalue weighted by Gasteiger charge is -2.31. The predicted molar refractivity (Wildman–Crippen MR) is 133 cm³/mol. The van der Waals surface area contributed by atoms with Gasteiger partial charge in [-0.1, -0.05) is 45.4 Å². The molecule has 0 spiro atoms. The molecule has 6 heteroatoms. The smallest absolute Gasteiger partial charge is 0.266 e. The molecule has 0 aliphatic heterocycles. The van der Waals surface area contributed by atoms with Gasteiger partial charge in [-0.05, 0) is 56.0 Å². The summed E-state index contributed by atoms with van der Waals surface area (Å²) in [5.74, 6) is 1.45. The third kappa shape index (κ3) is 5.27. The van der Waals surface area contributed by atoms with Crippen molar-refractivity contribution in [1.29, 1.82) is 0 Å². The van der Waals surface area contributed by atoms with Crippen LogP contribution in [0.4, 0.5) is 0 Å². The SMILES string of the molecule is CCCCN(C(=O)CC(C)C)C(C)c1nc2ccccc2c(=O)n1-c1cc(C)ccc1OC. The fourth-order valence-corrected chi connectivity index (χ4v) is 4.11. The molecule has 0 fully saturated rings. The highest BCUT2D eigenvalue weighted by atomic mass is 16.5. The number of amides is 1. The van der Waals surface area contributed by atoms with Crippen molar-refractivity contribution in [1.82, 2.24) is 14.5 Å². The normalized spacial score (nSPS) is 12.2. The van der Waals surface area contributed by atoms with Crippen LogP contribution >= 0.6 is 0 Å². The summed E-state index contributed by atoms with van der Waals surface area (Å²) in [6.07, 6.45) is 2.32. The largest absolute Gasteiger partial charge is 0.495 e. The Kier molecular flexibility index (Phi) is 7.90. The molecule has 6 nitrogen and oxygen atoms in total. The monoisotopic (exact) mass is 449 g/mol. The van der Waals surface area contributed by atoms with Crippen molar-refractivity contribution in [3.8, 4) is 11.4 Å². The number of hydrogen-bond acceptors (Lipinski definition) is 4. The fourth-order valence-electron chi connectivity index (χ4n) is 4.11. The lowest BCUT2D eigenvalue weighted by molar-refractivity contribution is -0.134. The van der Waals surface area contributed by atoms with Crippen LogP contribution in [0.3, 0.4) is 0 Å². The summed E-state index contributed by atoms with van der Waals surface area (Å²) < 4.78 is 7.24. The van der Waals surface area contributed by atoms with Crippen LogP contribution in [0.1, 0.15) is 64.4 Å². The summed E-state index contributed by atoms with van der Waals surface area (Å²) in [5.41, 5.74) is 2.09. The lowest BCUT2D eigenvalue weighted by Crippen LogP contribution is -2.38. The van der Waals surface area contributed by atoms with Gasteiger partial charge in [-0.3, -0.25) is 14.2 Å². The zero-order valence-corrected chi connectivity index (χ0v) is 20.6. The number of nitrogens with zero attached hydrogens (tertiary/aromatic N) is 3. The molecule has 1 atom stereocenters.